The van der Waals surface area contributed by atoms with Crippen LogP contribution >= 0.6 is 0 Å². The number of likely N-dealkylation sites (N-methyl/N-ethyl adjacent to an activating group) is 1. The van der Waals surface area contributed by atoms with Crippen molar-refractivity contribution in [3.63, 3.8) is 0 Å². The Labute approximate surface area is 119 Å². The van der Waals surface area contributed by atoms with E-state index in [2.05, 4.69) is 41.0 Å². The Morgan fingerprint density at radius 1 is 1.00 bits per heavy atom. The summed E-state index contributed by atoms with van der Waals surface area (Å²) in [5.41, 5.74) is 0.553. The average Bonchev–Trinajstić information content (AvgIpc) is 2.38. The van der Waals surface area contributed by atoms with Crippen LogP contribution in [0.4, 0.5) is 0 Å². The molecule has 0 aromatic carbocycles. The van der Waals surface area contributed by atoms with E-state index in [4.69, 9.17) is 0 Å². The minimum Gasteiger partial charge on any atom is -0.317 e. The van der Waals surface area contributed by atoms with Gasteiger partial charge in [-0.2, -0.15) is 0 Å². The standard InChI is InChI=1S/C15H32N4/c1-15(4-6-16-7-5-15)14-19-12-10-18(11-13-19)9-8-17(2)3/h16H,4-14H2,1-3H3. The van der Waals surface area contributed by atoms with Crippen molar-refractivity contribution in [1.82, 2.24) is 20.0 Å². The zero-order valence-corrected chi connectivity index (χ0v) is 13.1. The quantitative estimate of drug-likeness (QED) is 0.786. The largest absolute Gasteiger partial charge is 0.317 e. The lowest BCUT2D eigenvalue weighted by Crippen LogP contribution is -2.51. The van der Waals surface area contributed by atoms with Gasteiger partial charge in [0.1, 0.15) is 0 Å². The number of hydrogen-bond acceptors (Lipinski definition) is 4. The Hall–Kier alpha value is -0.160. The SMILES string of the molecule is CN(C)CCN1CCN(CC2(C)CCNCC2)CC1. The van der Waals surface area contributed by atoms with Crippen molar-refractivity contribution < 1.29 is 0 Å². The predicted octanol–water partition coefficient (Wildman–Crippen LogP) is 0.555. The van der Waals surface area contributed by atoms with Gasteiger partial charge in [-0.15, -0.1) is 0 Å². The molecule has 19 heavy (non-hydrogen) atoms. The summed E-state index contributed by atoms with van der Waals surface area (Å²) in [6, 6.07) is 0. The lowest BCUT2D eigenvalue weighted by Gasteiger charge is -2.42. The number of nitrogens with zero attached hydrogens (tertiary/aromatic N) is 3. The number of nitrogens with one attached hydrogen (secondary N) is 1. The molecule has 0 saturated carbocycles. The molecule has 0 aromatic heterocycles. The highest BCUT2D eigenvalue weighted by atomic mass is 15.3. The van der Waals surface area contributed by atoms with Crippen molar-refractivity contribution >= 4 is 0 Å². The lowest BCUT2D eigenvalue weighted by molar-refractivity contribution is 0.0734. The fourth-order valence-electron chi connectivity index (χ4n) is 3.24. The van der Waals surface area contributed by atoms with Gasteiger partial charge < -0.3 is 15.1 Å². The normalized spacial score (nSPS) is 25.9. The molecule has 0 spiro atoms. The van der Waals surface area contributed by atoms with E-state index in [1.54, 1.807) is 0 Å². The third-order valence-electron chi connectivity index (χ3n) is 4.74. The summed E-state index contributed by atoms with van der Waals surface area (Å²) in [5, 5.41) is 3.48. The van der Waals surface area contributed by atoms with Crippen LogP contribution in [0.2, 0.25) is 0 Å². The molecule has 0 unspecified atom stereocenters. The molecule has 2 rings (SSSR count). The second-order valence-corrected chi connectivity index (χ2v) is 6.98. The smallest absolute Gasteiger partial charge is 0.0110 e. The van der Waals surface area contributed by atoms with Crippen molar-refractivity contribution in [1.29, 1.82) is 0 Å². The van der Waals surface area contributed by atoms with Crippen LogP contribution in [0.25, 0.3) is 0 Å². The number of hydrogen-bond donors (Lipinski definition) is 1. The van der Waals surface area contributed by atoms with Crippen LogP contribution < -0.4 is 5.32 Å². The first-order valence-corrected chi connectivity index (χ1v) is 7.88. The highest BCUT2D eigenvalue weighted by Gasteiger charge is 2.30. The summed E-state index contributed by atoms with van der Waals surface area (Å²) in [7, 11) is 4.32. The third-order valence-corrected chi connectivity index (χ3v) is 4.74. The third kappa shape index (κ3) is 5.03. The van der Waals surface area contributed by atoms with E-state index in [9.17, 15) is 0 Å². The van der Waals surface area contributed by atoms with Gasteiger partial charge in [-0.05, 0) is 45.4 Å². The van der Waals surface area contributed by atoms with Gasteiger partial charge in [0.2, 0.25) is 0 Å². The maximum Gasteiger partial charge on any atom is 0.0110 e. The van der Waals surface area contributed by atoms with Gasteiger partial charge >= 0.3 is 0 Å². The minimum absolute atomic E-state index is 0.553. The van der Waals surface area contributed by atoms with Crippen molar-refractivity contribution in [2.45, 2.75) is 19.8 Å². The molecular weight excluding hydrogens is 236 g/mol. The molecule has 2 saturated heterocycles. The van der Waals surface area contributed by atoms with E-state index < -0.39 is 0 Å². The van der Waals surface area contributed by atoms with Crippen molar-refractivity contribution in [2.75, 3.05) is 73.0 Å². The summed E-state index contributed by atoms with van der Waals surface area (Å²) in [4.78, 5) is 7.58. The number of rotatable bonds is 5. The summed E-state index contributed by atoms with van der Waals surface area (Å²) < 4.78 is 0. The van der Waals surface area contributed by atoms with E-state index >= 15 is 0 Å². The van der Waals surface area contributed by atoms with E-state index in [1.807, 2.05) is 0 Å². The molecule has 2 aliphatic heterocycles. The van der Waals surface area contributed by atoms with Gasteiger partial charge in [0.15, 0.2) is 0 Å². The molecule has 112 valence electrons. The van der Waals surface area contributed by atoms with Gasteiger partial charge in [0.05, 0.1) is 0 Å². The summed E-state index contributed by atoms with van der Waals surface area (Å²) in [6.07, 6.45) is 2.68. The first kappa shape index (κ1) is 15.2. The molecule has 4 nitrogen and oxygen atoms in total. The fourth-order valence-corrected chi connectivity index (χ4v) is 3.24. The Morgan fingerprint density at radius 3 is 2.16 bits per heavy atom. The van der Waals surface area contributed by atoms with Gasteiger partial charge in [-0.1, -0.05) is 6.92 Å². The first-order chi connectivity index (χ1) is 9.07. The molecule has 1 N–H and O–H groups in total. The zero-order chi connectivity index (χ0) is 13.7. The van der Waals surface area contributed by atoms with E-state index in [0.29, 0.717) is 5.41 Å². The Morgan fingerprint density at radius 2 is 1.58 bits per heavy atom. The van der Waals surface area contributed by atoms with Crippen LogP contribution in [0.5, 0.6) is 0 Å². The van der Waals surface area contributed by atoms with Crippen LogP contribution in [0.1, 0.15) is 19.8 Å². The molecule has 4 heteroatoms. The van der Waals surface area contributed by atoms with Crippen LogP contribution in [-0.4, -0.2) is 87.7 Å². The van der Waals surface area contributed by atoms with Crippen LogP contribution in [-0.2, 0) is 0 Å². The molecular formula is C15H32N4. The molecule has 0 bridgehead atoms. The molecule has 0 aromatic rings. The van der Waals surface area contributed by atoms with Gasteiger partial charge in [0.25, 0.3) is 0 Å². The summed E-state index contributed by atoms with van der Waals surface area (Å²) >= 11 is 0. The van der Waals surface area contributed by atoms with Crippen LogP contribution in [0.3, 0.4) is 0 Å². The number of piperazine rings is 1. The number of piperidine rings is 1. The molecule has 2 heterocycles. The lowest BCUT2D eigenvalue weighted by atomic mass is 9.80. The van der Waals surface area contributed by atoms with Gasteiger partial charge in [-0.25, -0.2) is 0 Å². The first-order valence-electron chi connectivity index (χ1n) is 7.88. The average molecular weight is 268 g/mol. The van der Waals surface area contributed by atoms with Crippen LogP contribution in [0, 0.1) is 5.41 Å². The Balaban J connectivity index is 1.68. The predicted molar refractivity (Wildman–Crippen MR) is 81.6 cm³/mol. The van der Waals surface area contributed by atoms with Gasteiger partial charge in [0, 0.05) is 45.8 Å². The molecule has 0 amide bonds. The Kier molecular flexibility index (Phi) is 5.63. The van der Waals surface area contributed by atoms with Gasteiger partial charge in [-0.3, -0.25) is 4.90 Å². The second kappa shape index (κ2) is 7.02. The molecule has 0 atom stereocenters. The maximum atomic E-state index is 3.48. The van der Waals surface area contributed by atoms with E-state index in [0.717, 1.165) is 0 Å². The monoisotopic (exact) mass is 268 g/mol. The van der Waals surface area contributed by atoms with E-state index in [-0.39, 0.29) is 0 Å². The molecule has 0 radical (unpaired) electrons. The Bertz CT molecular complexity index is 253. The van der Waals surface area contributed by atoms with Crippen molar-refractivity contribution in [3.05, 3.63) is 0 Å². The highest BCUT2D eigenvalue weighted by molar-refractivity contribution is 4.85. The topological polar surface area (TPSA) is 21.8 Å². The molecule has 2 aliphatic rings. The zero-order valence-electron chi connectivity index (χ0n) is 13.1. The maximum absolute atomic E-state index is 3.48. The highest BCUT2D eigenvalue weighted by Crippen LogP contribution is 2.29. The summed E-state index contributed by atoms with van der Waals surface area (Å²) in [5.74, 6) is 0. The fraction of sp³-hybridized carbons (Fsp3) is 1.00. The van der Waals surface area contributed by atoms with Crippen LogP contribution in [0.15, 0.2) is 0 Å². The molecule has 0 aliphatic carbocycles. The summed E-state index contributed by atoms with van der Waals surface area (Å²) in [6.45, 7) is 13.6. The van der Waals surface area contributed by atoms with E-state index in [1.165, 1.54) is 71.7 Å². The second-order valence-electron chi connectivity index (χ2n) is 6.98. The molecule has 2 fully saturated rings. The van der Waals surface area contributed by atoms with Crippen molar-refractivity contribution in [2.24, 2.45) is 5.41 Å². The minimum atomic E-state index is 0.553. The van der Waals surface area contributed by atoms with Crippen molar-refractivity contribution in [3.8, 4) is 0 Å².